The normalized spacial score (nSPS) is 12.2. The van der Waals surface area contributed by atoms with Gasteiger partial charge in [-0.15, -0.1) is 4.91 Å². The Balaban J connectivity index is 3.06. The number of benzene rings is 1. The van der Waals surface area contributed by atoms with Gasteiger partial charge < -0.3 is 4.18 Å². The van der Waals surface area contributed by atoms with Crippen LogP contribution in [0.4, 0.5) is 23.2 Å². The molecular formula is C7H3F4NO4S. The summed E-state index contributed by atoms with van der Waals surface area (Å²) < 4.78 is 73.2. The van der Waals surface area contributed by atoms with Crippen LogP contribution in [0, 0.1) is 10.7 Å². The van der Waals surface area contributed by atoms with Gasteiger partial charge in [-0.1, -0.05) is 0 Å². The molecule has 0 aromatic heterocycles. The van der Waals surface area contributed by atoms with Crippen LogP contribution < -0.4 is 4.18 Å². The summed E-state index contributed by atoms with van der Waals surface area (Å²) in [5, 5.41) is 2.20. The highest BCUT2D eigenvalue weighted by Gasteiger charge is 2.48. The predicted molar refractivity (Wildman–Crippen MR) is 47.5 cm³/mol. The molecule has 17 heavy (non-hydrogen) atoms. The lowest BCUT2D eigenvalue weighted by molar-refractivity contribution is -0.0500. The Bertz CT molecular complexity index is 539. The molecule has 0 atom stereocenters. The first-order valence-corrected chi connectivity index (χ1v) is 5.22. The average Bonchev–Trinajstić information content (AvgIpc) is 2.15. The minimum absolute atomic E-state index is 0.306. The minimum atomic E-state index is -5.86. The van der Waals surface area contributed by atoms with E-state index in [4.69, 9.17) is 0 Å². The summed E-state index contributed by atoms with van der Waals surface area (Å²) in [5.41, 5.74) is -6.30. The Kier molecular flexibility index (Phi) is 3.36. The lowest BCUT2D eigenvalue weighted by atomic mass is 10.3. The third-order valence-electron chi connectivity index (χ3n) is 1.51. The molecule has 0 saturated heterocycles. The van der Waals surface area contributed by atoms with Crippen LogP contribution in [0.15, 0.2) is 23.4 Å². The lowest BCUT2D eigenvalue weighted by Gasteiger charge is -2.09. The number of alkyl halides is 3. The second-order valence-corrected chi connectivity index (χ2v) is 4.23. The zero-order valence-corrected chi connectivity index (χ0v) is 8.55. The highest BCUT2D eigenvalue weighted by Crippen LogP contribution is 2.29. The van der Waals surface area contributed by atoms with E-state index < -0.39 is 32.9 Å². The third-order valence-corrected chi connectivity index (χ3v) is 2.49. The maximum atomic E-state index is 12.9. The lowest BCUT2D eigenvalue weighted by Crippen LogP contribution is -2.28. The maximum absolute atomic E-state index is 12.9. The van der Waals surface area contributed by atoms with Crippen molar-refractivity contribution >= 4 is 15.8 Å². The van der Waals surface area contributed by atoms with E-state index in [9.17, 15) is 30.9 Å². The Morgan fingerprint density at radius 2 is 1.82 bits per heavy atom. The molecule has 0 aliphatic carbocycles. The van der Waals surface area contributed by atoms with Crippen molar-refractivity contribution in [3.8, 4) is 5.75 Å². The Hall–Kier alpha value is -1.71. The number of hydrogen-bond acceptors (Lipinski definition) is 5. The van der Waals surface area contributed by atoms with Crippen molar-refractivity contribution in [3.05, 3.63) is 28.9 Å². The van der Waals surface area contributed by atoms with Gasteiger partial charge in [0.05, 0.1) is 0 Å². The van der Waals surface area contributed by atoms with Gasteiger partial charge >= 0.3 is 15.6 Å². The van der Waals surface area contributed by atoms with E-state index in [2.05, 4.69) is 9.36 Å². The molecule has 0 aliphatic heterocycles. The molecule has 0 radical (unpaired) electrons. The second kappa shape index (κ2) is 4.28. The minimum Gasteiger partial charge on any atom is -0.376 e. The number of nitrogens with zero attached hydrogens (tertiary/aromatic N) is 1. The first-order chi connectivity index (χ1) is 7.67. The van der Waals surface area contributed by atoms with E-state index in [-0.39, 0.29) is 0 Å². The summed E-state index contributed by atoms with van der Waals surface area (Å²) in [5.74, 6) is -2.21. The van der Waals surface area contributed by atoms with Crippen LogP contribution in [0.5, 0.6) is 5.75 Å². The molecule has 94 valence electrons. The molecule has 0 bridgehead atoms. The topological polar surface area (TPSA) is 72.8 Å². The fraction of sp³-hybridized carbons (Fsp3) is 0.143. The van der Waals surface area contributed by atoms with Crippen molar-refractivity contribution in [3.63, 3.8) is 0 Å². The number of hydrogen-bond donors (Lipinski definition) is 0. The molecule has 5 nitrogen and oxygen atoms in total. The summed E-state index contributed by atoms with van der Waals surface area (Å²) in [7, 11) is -5.86. The van der Waals surface area contributed by atoms with Gasteiger partial charge in [-0.2, -0.15) is 21.6 Å². The summed E-state index contributed by atoms with van der Waals surface area (Å²) >= 11 is 0. The molecule has 1 aromatic rings. The average molecular weight is 273 g/mol. The van der Waals surface area contributed by atoms with Crippen LogP contribution in [0.25, 0.3) is 0 Å². The molecule has 0 saturated carbocycles. The van der Waals surface area contributed by atoms with Crippen molar-refractivity contribution in [1.29, 1.82) is 0 Å². The van der Waals surface area contributed by atoms with Crippen LogP contribution in [0.2, 0.25) is 0 Å². The third kappa shape index (κ3) is 2.90. The molecule has 1 aromatic carbocycles. The van der Waals surface area contributed by atoms with Crippen molar-refractivity contribution < 1.29 is 30.2 Å². The molecule has 0 fully saturated rings. The predicted octanol–water partition coefficient (Wildman–Crippen LogP) is 2.45. The van der Waals surface area contributed by atoms with Gasteiger partial charge in [-0.3, -0.25) is 0 Å². The van der Waals surface area contributed by atoms with Crippen molar-refractivity contribution in [2.24, 2.45) is 5.18 Å². The first-order valence-electron chi connectivity index (χ1n) is 3.81. The molecule has 0 aliphatic rings. The standard InChI is InChI=1S/C7H3F4NO4S/c8-5-3-4(1-2-6(5)12-13)16-17(14,15)7(9,10)11/h1-3H. The molecule has 0 N–H and O–H groups in total. The maximum Gasteiger partial charge on any atom is 0.534 e. The number of rotatable bonds is 3. The van der Waals surface area contributed by atoms with Crippen molar-refractivity contribution in [2.45, 2.75) is 5.51 Å². The van der Waals surface area contributed by atoms with Gasteiger partial charge in [0.15, 0.2) is 5.82 Å². The van der Waals surface area contributed by atoms with Crippen LogP contribution in [0.3, 0.4) is 0 Å². The fourth-order valence-corrected chi connectivity index (χ4v) is 1.24. The second-order valence-electron chi connectivity index (χ2n) is 2.69. The van der Waals surface area contributed by atoms with Gasteiger partial charge in [0, 0.05) is 6.07 Å². The first kappa shape index (κ1) is 13.4. The summed E-state index contributed by atoms with van der Waals surface area (Å²) in [4.78, 5) is 9.95. The van der Waals surface area contributed by atoms with E-state index >= 15 is 0 Å². The molecule has 10 heteroatoms. The highest BCUT2D eigenvalue weighted by atomic mass is 32.2. The van der Waals surface area contributed by atoms with Gasteiger partial charge in [-0.25, -0.2) is 4.39 Å². The number of halogens is 4. The summed E-state index contributed by atoms with van der Waals surface area (Å²) in [6, 6.07) is 1.66. The summed E-state index contributed by atoms with van der Waals surface area (Å²) in [6.45, 7) is 0. The molecule has 0 amide bonds. The Morgan fingerprint density at radius 3 is 2.24 bits per heavy atom. The van der Waals surface area contributed by atoms with Crippen molar-refractivity contribution in [1.82, 2.24) is 0 Å². The molecule has 1 rings (SSSR count). The van der Waals surface area contributed by atoms with E-state index in [1.807, 2.05) is 0 Å². The largest absolute Gasteiger partial charge is 0.534 e. The van der Waals surface area contributed by atoms with Gasteiger partial charge in [0.2, 0.25) is 0 Å². The zero-order valence-electron chi connectivity index (χ0n) is 7.73. The quantitative estimate of drug-likeness (QED) is 0.367. The van der Waals surface area contributed by atoms with Gasteiger partial charge in [-0.05, 0) is 17.3 Å². The van der Waals surface area contributed by atoms with E-state index in [0.717, 1.165) is 0 Å². The molecule has 0 heterocycles. The van der Waals surface area contributed by atoms with Gasteiger partial charge in [0.1, 0.15) is 11.4 Å². The SMILES string of the molecule is O=Nc1ccc(OS(=O)(=O)C(F)(F)F)cc1F. The molecule has 0 spiro atoms. The van der Waals surface area contributed by atoms with E-state index in [1.165, 1.54) is 0 Å². The van der Waals surface area contributed by atoms with E-state index in [1.54, 1.807) is 0 Å². The van der Waals surface area contributed by atoms with Crippen LogP contribution in [-0.2, 0) is 10.1 Å². The van der Waals surface area contributed by atoms with Gasteiger partial charge in [0.25, 0.3) is 0 Å². The van der Waals surface area contributed by atoms with Crippen LogP contribution >= 0.6 is 0 Å². The zero-order chi connectivity index (χ0) is 13.3. The number of nitroso groups, excluding NO2 is 1. The van der Waals surface area contributed by atoms with Crippen LogP contribution in [0.1, 0.15) is 0 Å². The molecular weight excluding hydrogens is 270 g/mol. The smallest absolute Gasteiger partial charge is 0.376 e. The van der Waals surface area contributed by atoms with Crippen molar-refractivity contribution in [2.75, 3.05) is 0 Å². The van der Waals surface area contributed by atoms with E-state index in [0.29, 0.717) is 18.2 Å². The van der Waals surface area contributed by atoms with Crippen LogP contribution in [-0.4, -0.2) is 13.9 Å². The Morgan fingerprint density at radius 1 is 1.24 bits per heavy atom. The monoisotopic (exact) mass is 273 g/mol. The fourth-order valence-electron chi connectivity index (χ4n) is 0.787. The highest BCUT2D eigenvalue weighted by molar-refractivity contribution is 7.87. The molecule has 0 unspecified atom stereocenters. The Labute approximate surface area is 92.1 Å². The summed E-state index contributed by atoms with van der Waals surface area (Å²) in [6.07, 6.45) is 0.